The van der Waals surface area contributed by atoms with E-state index in [-0.39, 0.29) is 5.91 Å². The number of aryl methyl sites for hydroxylation is 1. The van der Waals surface area contributed by atoms with Crippen molar-refractivity contribution in [2.75, 3.05) is 12.4 Å². The van der Waals surface area contributed by atoms with Crippen LogP contribution in [0.5, 0.6) is 5.75 Å². The minimum atomic E-state index is -0.470. The summed E-state index contributed by atoms with van der Waals surface area (Å²) in [5.74, 6) is 1.26. The summed E-state index contributed by atoms with van der Waals surface area (Å²) in [4.78, 5) is 25.1. The number of carbonyl (C=O) groups is 1. The van der Waals surface area contributed by atoms with Crippen LogP contribution in [0, 0.1) is 6.92 Å². The highest BCUT2D eigenvalue weighted by molar-refractivity contribution is 6.31. The van der Waals surface area contributed by atoms with E-state index in [2.05, 4.69) is 5.32 Å². The quantitative estimate of drug-likeness (QED) is 0.190. The maximum absolute atomic E-state index is 12.6. The summed E-state index contributed by atoms with van der Waals surface area (Å²) in [5, 5.41) is 4.26. The zero-order valence-electron chi connectivity index (χ0n) is 20.1. The molecule has 2 heterocycles. The summed E-state index contributed by atoms with van der Waals surface area (Å²) in [6.45, 7) is 1.94. The number of rotatable bonds is 6. The van der Waals surface area contributed by atoms with Crippen molar-refractivity contribution in [3.05, 3.63) is 112 Å². The average Bonchev–Trinajstić information content (AvgIpc) is 3.38. The minimum Gasteiger partial charge on any atom is -0.496 e. The molecule has 0 aliphatic heterocycles. The molecule has 0 fully saturated rings. The van der Waals surface area contributed by atoms with Crippen molar-refractivity contribution < 1.29 is 18.4 Å². The Morgan fingerprint density at radius 2 is 1.78 bits per heavy atom. The number of hydrogen-bond acceptors (Lipinski definition) is 5. The van der Waals surface area contributed by atoms with Gasteiger partial charge in [-0.25, -0.2) is 4.79 Å². The summed E-state index contributed by atoms with van der Waals surface area (Å²) in [6, 6.07) is 23.4. The van der Waals surface area contributed by atoms with Crippen LogP contribution in [0.4, 0.5) is 5.69 Å². The molecule has 0 unspecified atom stereocenters. The minimum absolute atomic E-state index is 0.351. The van der Waals surface area contributed by atoms with Crippen LogP contribution < -0.4 is 15.7 Å². The molecule has 0 radical (unpaired) electrons. The second-order valence-electron chi connectivity index (χ2n) is 8.39. The number of methoxy groups -OCH3 is 1. The Morgan fingerprint density at radius 1 is 0.946 bits per heavy atom. The first kappa shape index (κ1) is 24.2. The number of ether oxygens (including phenoxy) is 1. The molecule has 0 saturated carbocycles. The number of anilines is 1. The van der Waals surface area contributed by atoms with E-state index in [0.717, 1.165) is 16.5 Å². The Balaban J connectivity index is 1.32. The van der Waals surface area contributed by atoms with Crippen molar-refractivity contribution in [3.8, 4) is 28.2 Å². The third kappa shape index (κ3) is 5.20. The molecule has 0 saturated heterocycles. The van der Waals surface area contributed by atoms with E-state index in [1.54, 1.807) is 42.5 Å². The molecule has 0 bridgehead atoms. The molecule has 0 aliphatic rings. The first-order valence-corrected chi connectivity index (χ1v) is 11.9. The predicted molar refractivity (Wildman–Crippen MR) is 146 cm³/mol. The summed E-state index contributed by atoms with van der Waals surface area (Å²) in [5.41, 5.74) is 3.33. The topological polar surface area (TPSA) is 81.7 Å². The van der Waals surface area contributed by atoms with Crippen LogP contribution in [0.1, 0.15) is 11.3 Å². The van der Waals surface area contributed by atoms with Gasteiger partial charge in [0.2, 0.25) is 5.91 Å². The molecule has 1 N–H and O–H groups in total. The molecule has 5 aromatic rings. The highest BCUT2D eigenvalue weighted by atomic mass is 35.5. The lowest BCUT2D eigenvalue weighted by Gasteiger charge is -2.11. The van der Waals surface area contributed by atoms with E-state index in [4.69, 9.17) is 25.2 Å². The van der Waals surface area contributed by atoms with Gasteiger partial charge in [0, 0.05) is 39.4 Å². The van der Waals surface area contributed by atoms with Crippen molar-refractivity contribution in [3.63, 3.8) is 0 Å². The zero-order chi connectivity index (χ0) is 25.9. The van der Waals surface area contributed by atoms with Gasteiger partial charge < -0.3 is 18.9 Å². The van der Waals surface area contributed by atoms with E-state index in [9.17, 15) is 9.59 Å². The lowest BCUT2D eigenvalue weighted by molar-refractivity contribution is -0.111. The predicted octanol–water partition coefficient (Wildman–Crippen LogP) is 7.34. The van der Waals surface area contributed by atoms with Crippen LogP contribution in [0.3, 0.4) is 0 Å². The van der Waals surface area contributed by atoms with E-state index in [1.165, 1.54) is 13.2 Å². The number of carbonyl (C=O) groups excluding carboxylic acids is 1. The number of nitrogens with one attached hydrogen (secondary N) is 1. The average molecular weight is 512 g/mol. The molecule has 0 spiro atoms. The summed E-state index contributed by atoms with van der Waals surface area (Å²) in [6.07, 6.45) is 2.96. The van der Waals surface area contributed by atoms with Gasteiger partial charge in [0.15, 0.2) is 0 Å². The second-order valence-corrected chi connectivity index (χ2v) is 8.80. The van der Waals surface area contributed by atoms with Gasteiger partial charge in [-0.15, -0.1) is 0 Å². The third-order valence-corrected chi connectivity index (χ3v) is 6.29. The van der Waals surface area contributed by atoms with Crippen molar-refractivity contribution >= 4 is 40.2 Å². The lowest BCUT2D eigenvalue weighted by Crippen LogP contribution is -2.08. The van der Waals surface area contributed by atoms with Gasteiger partial charge in [-0.1, -0.05) is 41.9 Å². The fourth-order valence-electron chi connectivity index (χ4n) is 3.93. The van der Waals surface area contributed by atoms with E-state index >= 15 is 0 Å². The largest absolute Gasteiger partial charge is 0.496 e. The van der Waals surface area contributed by atoms with E-state index in [1.807, 2.05) is 49.4 Å². The highest BCUT2D eigenvalue weighted by Gasteiger charge is 2.14. The molecule has 5 rings (SSSR count). The molecule has 184 valence electrons. The van der Waals surface area contributed by atoms with Gasteiger partial charge in [-0.3, -0.25) is 4.79 Å². The fourth-order valence-corrected chi connectivity index (χ4v) is 4.11. The summed E-state index contributed by atoms with van der Waals surface area (Å²) in [7, 11) is 1.50. The molecular weight excluding hydrogens is 490 g/mol. The van der Waals surface area contributed by atoms with Gasteiger partial charge >= 0.3 is 5.63 Å². The Kier molecular flexibility index (Phi) is 6.66. The fraction of sp³-hybridized carbons (Fsp3) is 0.0667. The summed E-state index contributed by atoms with van der Waals surface area (Å²) >= 11 is 6.21. The lowest BCUT2D eigenvalue weighted by atomic mass is 10.0. The number of furan rings is 1. The van der Waals surface area contributed by atoms with Crippen molar-refractivity contribution in [2.24, 2.45) is 0 Å². The maximum atomic E-state index is 12.6. The Morgan fingerprint density at radius 3 is 2.59 bits per heavy atom. The summed E-state index contributed by atoms with van der Waals surface area (Å²) < 4.78 is 16.8. The molecule has 0 atom stereocenters. The number of para-hydroxylation sites is 1. The van der Waals surface area contributed by atoms with Gasteiger partial charge in [0.25, 0.3) is 0 Å². The van der Waals surface area contributed by atoms with Gasteiger partial charge in [-0.05, 0) is 61.0 Å². The Labute approximate surface area is 217 Å². The number of amides is 1. The molecule has 2 aromatic heterocycles. The number of hydrogen-bond donors (Lipinski definition) is 1. The van der Waals surface area contributed by atoms with Crippen LogP contribution in [0.25, 0.3) is 39.5 Å². The molecular formula is C30H22ClNO5. The molecule has 0 aliphatic carbocycles. The van der Waals surface area contributed by atoms with Gasteiger partial charge in [0.05, 0.1) is 12.7 Å². The zero-order valence-corrected chi connectivity index (χ0v) is 20.8. The monoisotopic (exact) mass is 511 g/mol. The first-order chi connectivity index (χ1) is 17.9. The van der Waals surface area contributed by atoms with Crippen LogP contribution >= 0.6 is 11.6 Å². The number of benzene rings is 3. The van der Waals surface area contributed by atoms with Crippen molar-refractivity contribution in [2.45, 2.75) is 6.92 Å². The molecule has 3 aromatic carbocycles. The first-order valence-electron chi connectivity index (χ1n) is 11.5. The number of fused-ring (bicyclic) bond motifs is 1. The van der Waals surface area contributed by atoms with Crippen LogP contribution in [0.15, 0.2) is 98.6 Å². The van der Waals surface area contributed by atoms with Crippen molar-refractivity contribution in [1.29, 1.82) is 0 Å². The molecule has 7 heteroatoms. The Hall–Kier alpha value is -4.55. The normalized spacial score (nSPS) is 11.2. The van der Waals surface area contributed by atoms with Gasteiger partial charge in [-0.2, -0.15) is 0 Å². The van der Waals surface area contributed by atoms with Crippen LogP contribution in [-0.2, 0) is 4.79 Å². The van der Waals surface area contributed by atoms with Crippen LogP contribution in [-0.4, -0.2) is 13.0 Å². The third-order valence-electron chi connectivity index (χ3n) is 5.88. The molecule has 6 nitrogen and oxygen atoms in total. The standard InChI is InChI=1S/C30H22ClNO5/c1-18-7-8-20(16-25(18)31)27-13-10-22(36-27)11-14-29(33)32-21-9-12-23(28(17-21)35-2)24-15-19-5-3-4-6-26(19)37-30(24)34/h3-17H,1-2H3,(H,32,33)/b14-11+. The SMILES string of the molecule is COc1cc(NC(=O)/C=C/c2ccc(-c3ccc(C)c(Cl)c3)o2)ccc1-c1cc2ccccc2oc1=O. The second kappa shape index (κ2) is 10.2. The van der Waals surface area contributed by atoms with E-state index < -0.39 is 5.63 Å². The number of halogens is 1. The van der Waals surface area contributed by atoms with E-state index in [0.29, 0.717) is 44.7 Å². The Bertz CT molecular complexity index is 1710. The highest BCUT2D eigenvalue weighted by Crippen LogP contribution is 2.32. The van der Waals surface area contributed by atoms with Crippen molar-refractivity contribution in [1.82, 2.24) is 0 Å². The smallest absolute Gasteiger partial charge is 0.344 e. The van der Waals surface area contributed by atoms with Crippen LogP contribution in [0.2, 0.25) is 5.02 Å². The van der Waals surface area contributed by atoms with Gasteiger partial charge in [0.1, 0.15) is 22.9 Å². The maximum Gasteiger partial charge on any atom is 0.344 e. The molecule has 1 amide bonds. The molecule has 37 heavy (non-hydrogen) atoms.